The molecule has 0 saturated heterocycles. The van der Waals surface area contributed by atoms with Crippen molar-refractivity contribution in [2.24, 2.45) is 16.5 Å². The zero-order valence-corrected chi connectivity index (χ0v) is 17.1. The SMILES string of the molecule is C=C(C(C#N)=Nc1c(C)c(C)c2nc(C#N)c(CN)cc2c1C(C)C)C(C)N. The lowest BCUT2D eigenvalue weighted by molar-refractivity contribution is 0.872. The molecule has 1 atom stereocenters. The maximum Gasteiger partial charge on any atom is 0.145 e. The summed E-state index contributed by atoms with van der Waals surface area (Å²) < 4.78 is 0. The van der Waals surface area contributed by atoms with Crippen LogP contribution in [0.25, 0.3) is 10.9 Å². The van der Waals surface area contributed by atoms with Gasteiger partial charge in [-0.05, 0) is 55.0 Å². The van der Waals surface area contributed by atoms with E-state index in [-0.39, 0.29) is 24.2 Å². The Labute approximate surface area is 166 Å². The van der Waals surface area contributed by atoms with Gasteiger partial charge in [0.25, 0.3) is 0 Å². The van der Waals surface area contributed by atoms with Crippen LogP contribution < -0.4 is 11.5 Å². The summed E-state index contributed by atoms with van der Waals surface area (Å²) in [5, 5.41) is 19.9. The van der Waals surface area contributed by atoms with E-state index in [1.54, 1.807) is 6.92 Å². The average Bonchev–Trinajstić information content (AvgIpc) is 2.67. The Balaban J connectivity index is 3.01. The van der Waals surface area contributed by atoms with Crippen LogP contribution in [0.5, 0.6) is 0 Å². The highest BCUT2D eigenvalue weighted by Gasteiger charge is 2.21. The molecule has 0 amide bonds. The minimum atomic E-state index is -0.369. The first-order valence-corrected chi connectivity index (χ1v) is 9.18. The monoisotopic (exact) mass is 374 g/mol. The fourth-order valence-corrected chi connectivity index (χ4v) is 3.21. The largest absolute Gasteiger partial charge is 0.326 e. The Bertz CT molecular complexity index is 1060. The van der Waals surface area contributed by atoms with Gasteiger partial charge in [-0.25, -0.2) is 9.98 Å². The lowest BCUT2D eigenvalue weighted by Gasteiger charge is -2.20. The second kappa shape index (κ2) is 8.31. The number of aliphatic imine (C=N–C) groups is 1. The minimum Gasteiger partial charge on any atom is -0.326 e. The molecule has 6 nitrogen and oxygen atoms in total. The fourth-order valence-electron chi connectivity index (χ4n) is 3.21. The van der Waals surface area contributed by atoms with E-state index in [1.807, 2.05) is 19.9 Å². The second-order valence-corrected chi connectivity index (χ2v) is 7.26. The zero-order chi connectivity index (χ0) is 21.2. The molecule has 0 aliphatic rings. The van der Waals surface area contributed by atoms with Gasteiger partial charge in [0.05, 0.1) is 11.2 Å². The van der Waals surface area contributed by atoms with Crippen molar-refractivity contribution in [2.45, 2.75) is 53.1 Å². The van der Waals surface area contributed by atoms with Gasteiger partial charge in [-0.3, -0.25) is 0 Å². The number of nitrogens with zero attached hydrogens (tertiary/aromatic N) is 4. The molecule has 0 aliphatic carbocycles. The molecular formula is C22H26N6. The van der Waals surface area contributed by atoms with E-state index in [1.165, 1.54) is 0 Å². The van der Waals surface area contributed by atoms with Crippen LogP contribution in [-0.2, 0) is 6.54 Å². The molecule has 1 aromatic carbocycles. The van der Waals surface area contributed by atoms with Crippen LogP contribution in [0.4, 0.5) is 5.69 Å². The molecule has 0 radical (unpaired) electrons. The third-order valence-electron chi connectivity index (χ3n) is 5.01. The predicted molar refractivity (Wildman–Crippen MR) is 113 cm³/mol. The van der Waals surface area contributed by atoms with Gasteiger partial charge in [-0.15, -0.1) is 0 Å². The third-order valence-corrected chi connectivity index (χ3v) is 5.01. The third kappa shape index (κ3) is 3.66. The Hall–Kier alpha value is -3.06. The van der Waals surface area contributed by atoms with Crippen LogP contribution in [0.3, 0.4) is 0 Å². The molecule has 0 spiro atoms. The van der Waals surface area contributed by atoms with Gasteiger partial charge >= 0.3 is 0 Å². The van der Waals surface area contributed by atoms with Crippen LogP contribution in [0.2, 0.25) is 0 Å². The van der Waals surface area contributed by atoms with Crippen LogP contribution in [0.1, 0.15) is 54.6 Å². The summed E-state index contributed by atoms with van der Waals surface area (Å²) in [5.74, 6) is 0.115. The van der Waals surface area contributed by atoms with Crippen molar-refractivity contribution in [3.8, 4) is 12.1 Å². The molecule has 0 aliphatic heterocycles. The van der Waals surface area contributed by atoms with Gasteiger partial charge in [0.2, 0.25) is 0 Å². The summed E-state index contributed by atoms with van der Waals surface area (Å²) in [5.41, 5.74) is 17.8. The van der Waals surface area contributed by atoms with Crippen molar-refractivity contribution >= 4 is 22.3 Å². The van der Waals surface area contributed by atoms with Crippen LogP contribution in [-0.4, -0.2) is 16.7 Å². The summed E-state index contributed by atoms with van der Waals surface area (Å²) in [6, 6.07) is 5.81. The normalized spacial score (nSPS) is 12.7. The van der Waals surface area contributed by atoms with Gasteiger partial charge in [0.1, 0.15) is 23.5 Å². The van der Waals surface area contributed by atoms with Crippen molar-refractivity contribution < 1.29 is 0 Å². The summed E-state index contributed by atoms with van der Waals surface area (Å²) >= 11 is 0. The van der Waals surface area contributed by atoms with Gasteiger partial charge in [-0.1, -0.05) is 20.4 Å². The number of fused-ring (bicyclic) bond motifs is 1. The first kappa shape index (κ1) is 21.2. The maximum absolute atomic E-state index is 9.60. The molecule has 1 unspecified atom stereocenters. The standard InChI is InChI=1S/C22H26N6/c1-11(2)20-17-7-16(8-23)19(10-25)28-21(17)12(3)13(4)22(20)27-18(9-24)14(5)15(6)26/h7,11,15H,5,8,23,26H2,1-4,6H3. The first-order valence-electron chi connectivity index (χ1n) is 9.18. The van der Waals surface area contributed by atoms with Crippen molar-refractivity contribution in [3.63, 3.8) is 0 Å². The number of aromatic nitrogens is 1. The summed E-state index contributed by atoms with van der Waals surface area (Å²) in [6.45, 7) is 13.9. The van der Waals surface area contributed by atoms with E-state index < -0.39 is 0 Å². The number of benzene rings is 1. The summed E-state index contributed by atoms with van der Waals surface area (Å²) in [7, 11) is 0. The molecule has 4 N–H and O–H groups in total. The molecule has 6 heteroatoms. The maximum atomic E-state index is 9.60. The van der Waals surface area contributed by atoms with Crippen LogP contribution in [0, 0.1) is 36.5 Å². The average molecular weight is 374 g/mol. The Kier molecular flexibility index (Phi) is 6.30. The van der Waals surface area contributed by atoms with Crippen molar-refractivity contribution in [2.75, 3.05) is 0 Å². The number of pyridine rings is 1. The Morgan fingerprint density at radius 3 is 2.36 bits per heavy atom. The molecule has 0 bridgehead atoms. The van der Waals surface area contributed by atoms with Crippen molar-refractivity contribution in [1.82, 2.24) is 4.98 Å². The lowest BCUT2D eigenvalue weighted by Crippen LogP contribution is -2.22. The van der Waals surface area contributed by atoms with E-state index >= 15 is 0 Å². The number of hydrogen-bond acceptors (Lipinski definition) is 6. The number of nitriles is 2. The van der Waals surface area contributed by atoms with Gasteiger partial charge in [-0.2, -0.15) is 10.5 Å². The zero-order valence-electron chi connectivity index (χ0n) is 17.1. The van der Waals surface area contributed by atoms with Gasteiger partial charge < -0.3 is 11.5 Å². The topological polar surface area (TPSA) is 125 Å². The molecule has 2 aromatic rings. The van der Waals surface area contributed by atoms with Crippen LogP contribution in [0.15, 0.2) is 23.2 Å². The van der Waals surface area contributed by atoms with Crippen LogP contribution >= 0.6 is 0 Å². The number of hydrogen-bond donors (Lipinski definition) is 2. The molecule has 2 rings (SSSR count). The first-order chi connectivity index (χ1) is 13.2. The molecule has 0 saturated carbocycles. The van der Waals surface area contributed by atoms with Gasteiger partial charge in [0.15, 0.2) is 0 Å². The van der Waals surface area contributed by atoms with E-state index in [0.29, 0.717) is 16.8 Å². The summed E-state index contributed by atoms with van der Waals surface area (Å²) in [6.07, 6.45) is 0. The van der Waals surface area contributed by atoms with Crippen molar-refractivity contribution in [3.05, 3.63) is 46.2 Å². The van der Waals surface area contributed by atoms with E-state index in [9.17, 15) is 10.5 Å². The molecule has 28 heavy (non-hydrogen) atoms. The molecule has 1 heterocycles. The highest BCUT2D eigenvalue weighted by molar-refractivity contribution is 6.13. The fraction of sp³-hybridized carbons (Fsp3) is 0.364. The highest BCUT2D eigenvalue weighted by atomic mass is 14.8. The molecular weight excluding hydrogens is 348 g/mol. The van der Waals surface area contributed by atoms with E-state index in [0.717, 1.165) is 33.3 Å². The Morgan fingerprint density at radius 1 is 1.25 bits per heavy atom. The minimum absolute atomic E-state index is 0.115. The Morgan fingerprint density at radius 2 is 1.89 bits per heavy atom. The smallest absolute Gasteiger partial charge is 0.145 e. The quantitative estimate of drug-likeness (QED) is 0.770. The lowest BCUT2D eigenvalue weighted by atomic mass is 9.89. The molecule has 1 aromatic heterocycles. The predicted octanol–water partition coefficient (Wildman–Crippen LogP) is 3.80. The van der Waals surface area contributed by atoms with E-state index in [4.69, 9.17) is 11.5 Å². The number of nitrogens with two attached hydrogens (primary N) is 2. The number of aryl methyl sites for hydroxylation is 1. The van der Waals surface area contributed by atoms with E-state index in [2.05, 4.69) is 42.5 Å². The van der Waals surface area contributed by atoms with Crippen molar-refractivity contribution in [1.29, 1.82) is 10.5 Å². The van der Waals surface area contributed by atoms with Gasteiger partial charge in [0, 0.05) is 23.5 Å². The molecule has 0 fully saturated rings. The number of rotatable bonds is 5. The summed E-state index contributed by atoms with van der Waals surface area (Å²) in [4.78, 5) is 9.26. The highest BCUT2D eigenvalue weighted by Crippen LogP contribution is 2.40. The molecule has 144 valence electrons. The second-order valence-electron chi connectivity index (χ2n) is 7.26.